The largest absolute Gasteiger partial charge is 0.493 e. The van der Waals surface area contributed by atoms with E-state index in [4.69, 9.17) is 0 Å². The molecule has 1 aliphatic heterocycles. The molecule has 14 heavy (non-hydrogen) atoms. The molecule has 0 amide bonds. The van der Waals surface area contributed by atoms with E-state index in [2.05, 4.69) is 23.7 Å². The Labute approximate surface area is 88.4 Å². The summed E-state index contributed by atoms with van der Waals surface area (Å²) in [5.41, 5.74) is 0. The van der Waals surface area contributed by atoms with Crippen LogP contribution in [0.2, 0.25) is 0 Å². The van der Waals surface area contributed by atoms with Crippen LogP contribution in [0.25, 0.3) is 0 Å². The van der Waals surface area contributed by atoms with E-state index in [0.717, 1.165) is 24.0 Å². The number of hydrogen-bond acceptors (Lipinski definition) is 4. The number of aromatic nitrogens is 1. The average Bonchev–Trinajstić information content (AvgIpc) is 2.71. The Bertz CT molecular complexity index is 313. The maximum absolute atomic E-state index is 9.21. The van der Waals surface area contributed by atoms with Crippen molar-refractivity contribution < 1.29 is 5.11 Å². The van der Waals surface area contributed by atoms with Crippen molar-refractivity contribution in [3.05, 3.63) is 5.38 Å². The van der Waals surface area contributed by atoms with Gasteiger partial charge in [-0.25, -0.2) is 0 Å². The lowest BCUT2D eigenvalue weighted by Crippen LogP contribution is -2.28. The summed E-state index contributed by atoms with van der Waals surface area (Å²) >= 11 is 1.53. The molecule has 1 aromatic heterocycles. The summed E-state index contributed by atoms with van der Waals surface area (Å²) in [7, 11) is 0. The van der Waals surface area contributed by atoms with Gasteiger partial charge in [0.2, 0.25) is 5.88 Å². The molecule has 0 radical (unpaired) electrons. The van der Waals surface area contributed by atoms with Crippen molar-refractivity contribution in [3.8, 4) is 5.88 Å². The number of thiazole rings is 1. The predicted octanol–water partition coefficient (Wildman–Crippen LogP) is 2.47. The van der Waals surface area contributed by atoms with E-state index in [1.165, 1.54) is 17.8 Å². The molecular weight excluding hydrogens is 196 g/mol. The Morgan fingerprint density at radius 1 is 1.71 bits per heavy atom. The molecule has 1 fully saturated rings. The SMILES string of the molecule is CCC1CC(C)CN1c1nc(O)cs1. The lowest BCUT2D eigenvalue weighted by molar-refractivity contribution is 0.457. The van der Waals surface area contributed by atoms with Crippen molar-refractivity contribution in [1.82, 2.24) is 4.98 Å². The van der Waals surface area contributed by atoms with Gasteiger partial charge in [0.05, 0.1) is 5.38 Å². The number of aromatic hydroxyl groups is 1. The molecule has 4 heteroatoms. The van der Waals surface area contributed by atoms with Gasteiger partial charge in [-0.1, -0.05) is 13.8 Å². The van der Waals surface area contributed by atoms with E-state index >= 15 is 0 Å². The lowest BCUT2D eigenvalue weighted by atomic mass is 10.1. The lowest BCUT2D eigenvalue weighted by Gasteiger charge is -2.22. The van der Waals surface area contributed by atoms with E-state index in [0.29, 0.717) is 6.04 Å². The number of hydrogen-bond donors (Lipinski definition) is 1. The van der Waals surface area contributed by atoms with Gasteiger partial charge in [-0.3, -0.25) is 0 Å². The first-order valence-corrected chi connectivity index (χ1v) is 5.99. The van der Waals surface area contributed by atoms with Crippen molar-refractivity contribution in [2.75, 3.05) is 11.4 Å². The summed E-state index contributed by atoms with van der Waals surface area (Å²) in [6, 6.07) is 0.607. The number of nitrogens with zero attached hydrogens (tertiary/aromatic N) is 2. The third kappa shape index (κ3) is 1.71. The minimum atomic E-state index is 0.152. The quantitative estimate of drug-likeness (QED) is 0.818. The summed E-state index contributed by atoms with van der Waals surface area (Å²) in [5.74, 6) is 0.894. The van der Waals surface area contributed by atoms with Crippen LogP contribution in [0, 0.1) is 5.92 Å². The van der Waals surface area contributed by atoms with Crippen LogP contribution < -0.4 is 4.90 Å². The van der Waals surface area contributed by atoms with Gasteiger partial charge in [-0.15, -0.1) is 11.3 Å². The number of rotatable bonds is 2. The summed E-state index contributed by atoms with van der Waals surface area (Å²) in [4.78, 5) is 6.45. The highest BCUT2D eigenvalue weighted by Crippen LogP contribution is 2.33. The molecule has 1 aliphatic rings. The molecule has 0 bridgehead atoms. The molecule has 3 nitrogen and oxygen atoms in total. The minimum Gasteiger partial charge on any atom is -0.493 e. The fourth-order valence-electron chi connectivity index (χ4n) is 2.16. The smallest absolute Gasteiger partial charge is 0.223 e. The van der Waals surface area contributed by atoms with Crippen LogP contribution >= 0.6 is 11.3 Å². The van der Waals surface area contributed by atoms with E-state index in [9.17, 15) is 5.11 Å². The molecular formula is C10H16N2OS. The summed E-state index contributed by atoms with van der Waals surface area (Å²) in [5, 5.41) is 11.9. The molecule has 0 saturated carbocycles. The van der Waals surface area contributed by atoms with Gasteiger partial charge in [0, 0.05) is 12.6 Å². The zero-order valence-corrected chi connectivity index (χ0v) is 9.42. The van der Waals surface area contributed by atoms with Crippen LogP contribution in [0.4, 0.5) is 5.13 Å². The van der Waals surface area contributed by atoms with Gasteiger partial charge in [0.25, 0.3) is 0 Å². The highest BCUT2D eigenvalue weighted by atomic mass is 32.1. The molecule has 1 saturated heterocycles. The monoisotopic (exact) mass is 212 g/mol. The number of anilines is 1. The Morgan fingerprint density at radius 3 is 3.07 bits per heavy atom. The zero-order chi connectivity index (χ0) is 10.1. The van der Waals surface area contributed by atoms with Crippen molar-refractivity contribution in [2.24, 2.45) is 5.92 Å². The van der Waals surface area contributed by atoms with Gasteiger partial charge >= 0.3 is 0 Å². The van der Waals surface area contributed by atoms with E-state index in [-0.39, 0.29) is 5.88 Å². The summed E-state index contributed by atoms with van der Waals surface area (Å²) in [6.45, 7) is 5.56. The first-order valence-electron chi connectivity index (χ1n) is 5.11. The zero-order valence-electron chi connectivity index (χ0n) is 8.60. The second-order valence-electron chi connectivity index (χ2n) is 4.04. The van der Waals surface area contributed by atoms with E-state index in [1.807, 2.05) is 0 Å². The molecule has 0 aliphatic carbocycles. The van der Waals surface area contributed by atoms with Crippen LogP contribution in [-0.2, 0) is 0 Å². The van der Waals surface area contributed by atoms with Crippen LogP contribution in [0.1, 0.15) is 26.7 Å². The van der Waals surface area contributed by atoms with E-state index < -0.39 is 0 Å². The standard InChI is InChI=1S/C10H16N2OS/c1-3-8-4-7(2)5-12(8)10-11-9(13)6-14-10/h6-8,13H,3-5H2,1-2H3. The normalized spacial score (nSPS) is 27.1. The molecule has 0 aromatic carbocycles. The van der Waals surface area contributed by atoms with Gasteiger partial charge in [-0.2, -0.15) is 4.98 Å². The van der Waals surface area contributed by atoms with Crippen molar-refractivity contribution in [1.29, 1.82) is 0 Å². The Balaban J connectivity index is 2.17. The molecule has 1 N–H and O–H groups in total. The van der Waals surface area contributed by atoms with Crippen molar-refractivity contribution in [2.45, 2.75) is 32.7 Å². The van der Waals surface area contributed by atoms with Gasteiger partial charge in [-0.05, 0) is 18.8 Å². The van der Waals surface area contributed by atoms with Crippen LogP contribution in [0.15, 0.2) is 5.38 Å². The fourth-order valence-corrected chi connectivity index (χ4v) is 2.93. The first kappa shape index (κ1) is 9.77. The third-order valence-electron chi connectivity index (χ3n) is 2.82. The molecule has 2 unspecified atom stereocenters. The maximum atomic E-state index is 9.21. The van der Waals surface area contributed by atoms with Gasteiger partial charge in [0.15, 0.2) is 5.13 Å². The van der Waals surface area contributed by atoms with Gasteiger partial charge in [0.1, 0.15) is 0 Å². The molecule has 2 atom stereocenters. The predicted molar refractivity (Wildman–Crippen MR) is 59.0 cm³/mol. The Hall–Kier alpha value is -0.770. The minimum absolute atomic E-state index is 0.152. The van der Waals surface area contributed by atoms with Crippen molar-refractivity contribution in [3.63, 3.8) is 0 Å². The van der Waals surface area contributed by atoms with Crippen molar-refractivity contribution >= 4 is 16.5 Å². The highest BCUT2D eigenvalue weighted by Gasteiger charge is 2.29. The molecule has 78 valence electrons. The molecule has 2 rings (SSSR count). The summed E-state index contributed by atoms with van der Waals surface area (Å²) < 4.78 is 0. The average molecular weight is 212 g/mol. The topological polar surface area (TPSA) is 36.4 Å². The third-order valence-corrected chi connectivity index (χ3v) is 3.69. The second-order valence-corrected chi connectivity index (χ2v) is 4.88. The van der Waals surface area contributed by atoms with Crippen LogP contribution in [0.5, 0.6) is 5.88 Å². The highest BCUT2D eigenvalue weighted by molar-refractivity contribution is 7.13. The molecule has 2 heterocycles. The van der Waals surface area contributed by atoms with Gasteiger partial charge < -0.3 is 10.0 Å². The Kier molecular flexibility index (Phi) is 2.63. The molecule has 1 aromatic rings. The second kappa shape index (κ2) is 3.77. The maximum Gasteiger partial charge on any atom is 0.223 e. The van der Waals surface area contributed by atoms with Crippen LogP contribution in [0.3, 0.4) is 0 Å². The first-order chi connectivity index (χ1) is 6.70. The summed E-state index contributed by atoms with van der Waals surface area (Å²) in [6.07, 6.45) is 2.40. The Morgan fingerprint density at radius 2 is 2.50 bits per heavy atom. The molecule has 0 spiro atoms. The van der Waals surface area contributed by atoms with E-state index in [1.54, 1.807) is 5.38 Å². The van der Waals surface area contributed by atoms with Crippen LogP contribution in [-0.4, -0.2) is 22.7 Å². The fraction of sp³-hybridized carbons (Fsp3) is 0.700.